The molecule has 0 spiro atoms. The molecule has 5 rings (SSSR count). The smallest absolute Gasteiger partial charge is 0.255 e. The van der Waals surface area contributed by atoms with Crippen LogP contribution in [0.2, 0.25) is 0 Å². The molecule has 31 heavy (non-hydrogen) atoms. The van der Waals surface area contributed by atoms with E-state index in [0.29, 0.717) is 30.9 Å². The van der Waals surface area contributed by atoms with Gasteiger partial charge in [-0.2, -0.15) is 5.10 Å². The lowest BCUT2D eigenvalue weighted by atomic mass is 10.1. The van der Waals surface area contributed by atoms with E-state index in [9.17, 15) is 9.18 Å². The SMILES string of the molecule is Cc1nn(-c2ccc(F)cc2)cc1CN1CCc2nc(-c3ccncc3)[nH]c(=O)c2C1. The number of pyridine rings is 1. The van der Waals surface area contributed by atoms with Gasteiger partial charge in [0.1, 0.15) is 11.6 Å². The van der Waals surface area contributed by atoms with Crippen LogP contribution in [0.1, 0.15) is 22.5 Å². The third-order valence-corrected chi connectivity index (χ3v) is 5.59. The molecule has 0 saturated carbocycles. The van der Waals surface area contributed by atoms with Crippen LogP contribution >= 0.6 is 0 Å². The molecule has 0 atom stereocenters. The fraction of sp³-hybridized carbons (Fsp3) is 0.217. The Morgan fingerprint density at radius 1 is 1.13 bits per heavy atom. The van der Waals surface area contributed by atoms with Crippen molar-refractivity contribution < 1.29 is 4.39 Å². The summed E-state index contributed by atoms with van der Waals surface area (Å²) in [5.41, 5.74) is 5.12. The Balaban J connectivity index is 1.36. The van der Waals surface area contributed by atoms with Crippen LogP contribution in [0.5, 0.6) is 0 Å². The molecule has 1 aromatic carbocycles. The number of aromatic nitrogens is 5. The molecule has 1 aliphatic rings. The third-order valence-electron chi connectivity index (χ3n) is 5.59. The maximum atomic E-state index is 13.2. The van der Waals surface area contributed by atoms with Crippen LogP contribution in [0.3, 0.4) is 0 Å². The number of benzene rings is 1. The number of hydrogen-bond acceptors (Lipinski definition) is 5. The molecule has 7 nitrogen and oxygen atoms in total. The van der Waals surface area contributed by atoms with Crippen molar-refractivity contribution in [3.8, 4) is 17.1 Å². The van der Waals surface area contributed by atoms with Crippen molar-refractivity contribution >= 4 is 0 Å². The van der Waals surface area contributed by atoms with Crippen molar-refractivity contribution in [1.29, 1.82) is 0 Å². The van der Waals surface area contributed by atoms with Gasteiger partial charge in [-0.1, -0.05) is 0 Å². The minimum absolute atomic E-state index is 0.0970. The van der Waals surface area contributed by atoms with Crippen LogP contribution in [0.4, 0.5) is 4.39 Å². The van der Waals surface area contributed by atoms with Crippen LogP contribution < -0.4 is 5.56 Å². The average Bonchev–Trinajstić information content (AvgIpc) is 3.15. The summed E-state index contributed by atoms with van der Waals surface area (Å²) in [5, 5.41) is 4.57. The molecule has 8 heteroatoms. The quantitative estimate of drug-likeness (QED) is 0.553. The van der Waals surface area contributed by atoms with Crippen molar-refractivity contribution in [3.63, 3.8) is 0 Å². The van der Waals surface area contributed by atoms with Gasteiger partial charge in [-0.3, -0.25) is 14.7 Å². The highest BCUT2D eigenvalue weighted by Crippen LogP contribution is 2.21. The van der Waals surface area contributed by atoms with Crippen molar-refractivity contribution in [2.45, 2.75) is 26.4 Å². The van der Waals surface area contributed by atoms with Gasteiger partial charge in [0, 0.05) is 55.8 Å². The van der Waals surface area contributed by atoms with E-state index in [1.54, 1.807) is 29.2 Å². The Bertz CT molecular complexity index is 1280. The molecule has 4 aromatic rings. The van der Waals surface area contributed by atoms with Gasteiger partial charge in [0.25, 0.3) is 5.56 Å². The second kappa shape index (κ2) is 7.88. The predicted molar refractivity (Wildman–Crippen MR) is 114 cm³/mol. The monoisotopic (exact) mass is 416 g/mol. The highest BCUT2D eigenvalue weighted by molar-refractivity contribution is 5.54. The lowest BCUT2D eigenvalue weighted by Crippen LogP contribution is -2.35. The number of nitrogens with zero attached hydrogens (tertiary/aromatic N) is 5. The minimum atomic E-state index is -0.272. The Kier molecular flexibility index (Phi) is 4.91. The second-order valence-corrected chi connectivity index (χ2v) is 7.70. The number of hydrogen-bond donors (Lipinski definition) is 1. The summed E-state index contributed by atoms with van der Waals surface area (Å²) in [6.07, 6.45) is 6.05. The third kappa shape index (κ3) is 3.89. The van der Waals surface area contributed by atoms with Crippen LogP contribution in [-0.4, -0.2) is 36.2 Å². The molecule has 0 aliphatic carbocycles. The number of H-pyrrole nitrogens is 1. The van der Waals surface area contributed by atoms with Gasteiger partial charge in [0.05, 0.1) is 22.6 Å². The van der Waals surface area contributed by atoms with Crippen LogP contribution in [0, 0.1) is 12.7 Å². The Hall–Kier alpha value is -3.65. The van der Waals surface area contributed by atoms with E-state index in [0.717, 1.165) is 34.7 Å². The maximum Gasteiger partial charge on any atom is 0.255 e. The standard InChI is InChI=1S/C23H21FN6O/c1-15-17(13-30(28-15)19-4-2-18(24)3-5-19)12-29-11-8-21-20(14-29)23(31)27-22(26-21)16-6-9-25-10-7-16/h2-7,9-10,13H,8,11-12,14H2,1H3,(H,26,27,31). The molecule has 0 saturated heterocycles. The first kappa shape index (κ1) is 19.3. The molecule has 3 aromatic heterocycles. The molecule has 0 radical (unpaired) electrons. The van der Waals surface area contributed by atoms with E-state index in [-0.39, 0.29) is 11.4 Å². The van der Waals surface area contributed by atoms with Crippen molar-refractivity contribution in [2.24, 2.45) is 0 Å². The summed E-state index contributed by atoms with van der Waals surface area (Å²) >= 11 is 0. The van der Waals surface area contributed by atoms with E-state index >= 15 is 0 Å². The first-order valence-corrected chi connectivity index (χ1v) is 10.1. The molecule has 1 N–H and O–H groups in total. The topological polar surface area (TPSA) is 79.7 Å². The van der Waals surface area contributed by atoms with Crippen molar-refractivity contribution in [3.05, 3.63) is 93.7 Å². The summed E-state index contributed by atoms with van der Waals surface area (Å²) in [7, 11) is 0. The highest BCUT2D eigenvalue weighted by Gasteiger charge is 2.22. The number of aryl methyl sites for hydroxylation is 1. The van der Waals surface area contributed by atoms with E-state index in [1.165, 1.54) is 12.1 Å². The number of fused-ring (bicyclic) bond motifs is 1. The predicted octanol–water partition coefficient (Wildman–Crippen LogP) is 3.02. The number of halogens is 1. The van der Waals surface area contributed by atoms with Gasteiger partial charge in [0.2, 0.25) is 0 Å². The maximum absolute atomic E-state index is 13.2. The fourth-order valence-electron chi connectivity index (χ4n) is 3.88. The van der Waals surface area contributed by atoms with Crippen LogP contribution in [-0.2, 0) is 19.5 Å². The zero-order valence-electron chi connectivity index (χ0n) is 17.0. The summed E-state index contributed by atoms with van der Waals surface area (Å²) in [5.74, 6) is 0.307. The number of rotatable bonds is 4. The lowest BCUT2D eigenvalue weighted by Gasteiger charge is -2.27. The number of nitrogens with one attached hydrogen (secondary N) is 1. The first-order valence-electron chi connectivity index (χ1n) is 10.1. The van der Waals surface area contributed by atoms with Crippen LogP contribution in [0.25, 0.3) is 17.1 Å². The van der Waals surface area contributed by atoms with E-state index in [1.807, 2.05) is 25.3 Å². The normalized spacial score (nSPS) is 13.9. The Morgan fingerprint density at radius 2 is 1.90 bits per heavy atom. The van der Waals surface area contributed by atoms with Crippen molar-refractivity contribution in [1.82, 2.24) is 29.6 Å². The minimum Gasteiger partial charge on any atom is -0.306 e. The first-order chi connectivity index (χ1) is 15.1. The molecular formula is C23H21FN6O. The van der Waals surface area contributed by atoms with Gasteiger partial charge in [0.15, 0.2) is 0 Å². The molecular weight excluding hydrogens is 395 g/mol. The molecule has 1 aliphatic heterocycles. The zero-order chi connectivity index (χ0) is 21.4. The molecule has 0 amide bonds. The second-order valence-electron chi connectivity index (χ2n) is 7.70. The van der Waals surface area contributed by atoms with Gasteiger partial charge < -0.3 is 4.98 Å². The fourth-order valence-corrected chi connectivity index (χ4v) is 3.88. The van der Waals surface area contributed by atoms with Gasteiger partial charge in [-0.15, -0.1) is 0 Å². The van der Waals surface area contributed by atoms with Crippen LogP contribution in [0.15, 0.2) is 59.8 Å². The zero-order valence-corrected chi connectivity index (χ0v) is 17.0. The summed E-state index contributed by atoms with van der Waals surface area (Å²) in [6, 6.07) is 9.92. The molecule has 156 valence electrons. The summed E-state index contributed by atoms with van der Waals surface area (Å²) in [4.78, 5) is 26.6. The highest BCUT2D eigenvalue weighted by atomic mass is 19.1. The van der Waals surface area contributed by atoms with Gasteiger partial charge in [-0.25, -0.2) is 14.1 Å². The van der Waals surface area contributed by atoms with E-state index < -0.39 is 0 Å². The van der Waals surface area contributed by atoms with Gasteiger partial charge >= 0.3 is 0 Å². The molecule has 0 bridgehead atoms. The average molecular weight is 416 g/mol. The largest absolute Gasteiger partial charge is 0.306 e. The Labute approximate surface area is 178 Å². The van der Waals surface area contributed by atoms with Crippen molar-refractivity contribution in [2.75, 3.05) is 6.54 Å². The molecule has 4 heterocycles. The summed E-state index contributed by atoms with van der Waals surface area (Å²) < 4.78 is 15.0. The lowest BCUT2D eigenvalue weighted by molar-refractivity contribution is 0.241. The molecule has 0 fully saturated rings. The van der Waals surface area contributed by atoms with Gasteiger partial charge in [-0.05, 0) is 43.3 Å². The number of aromatic amines is 1. The summed E-state index contributed by atoms with van der Waals surface area (Å²) in [6.45, 7) is 3.98. The van der Waals surface area contributed by atoms with E-state index in [4.69, 9.17) is 4.98 Å². The molecule has 0 unspecified atom stereocenters. The Morgan fingerprint density at radius 3 is 2.68 bits per heavy atom. The van der Waals surface area contributed by atoms with E-state index in [2.05, 4.69) is 20.0 Å².